The van der Waals surface area contributed by atoms with E-state index in [0.29, 0.717) is 25.1 Å². The second-order valence-electron chi connectivity index (χ2n) is 5.92. The molecule has 0 aliphatic rings. The van der Waals surface area contributed by atoms with Crippen molar-refractivity contribution in [1.82, 2.24) is 10.0 Å². The van der Waals surface area contributed by atoms with Crippen LogP contribution in [0.5, 0.6) is 0 Å². The van der Waals surface area contributed by atoms with E-state index < -0.39 is 16.0 Å². The molecular weight excluding hydrogens is 368 g/mol. The Morgan fingerprint density at radius 2 is 1.56 bits per heavy atom. The molecule has 3 N–H and O–H groups in total. The van der Waals surface area contributed by atoms with Crippen LogP contribution in [-0.2, 0) is 27.7 Å². The maximum absolute atomic E-state index is 12.0. The maximum Gasteiger partial charge on any atom is 0.335 e. The molecule has 27 heavy (non-hydrogen) atoms. The van der Waals surface area contributed by atoms with Gasteiger partial charge in [0.25, 0.3) is 0 Å². The highest BCUT2D eigenvalue weighted by Gasteiger charge is 2.12. The maximum atomic E-state index is 12.0. The molecule has 0 atom stereocenters. The van der Waals surface area contributed by atoms with E-state index in [1.807, 2.05) is 0 Å². The molecule has 0 heterocycles. The summed E-state index contributed by atoms with van der Waals surface area (Å²) >= 11 is 0. The van der Waals surface area contributed by atoms with E-state index in [9.17, 15) is 18.0 Å². The SMILES string of the molecule is CCNS(=O)(=O)c1ccc(CC(=O)NCCc2ccc(C(=O)O)cc2)cc1. The van der Waals surface area contributed by atoms with E-state index in [0.717, 1.165) is 5.56 Å². The van der Waals surface area contributed by atoms with Crippen molar-refractivity contribution in [3.05, 3.63) is 65.2 Å². The van der Waals surface area contributed by atoms with Crippen LogP contribution in [0.3, 0.4) is 0 Å². The zero-order valence-corrected chi connectivity index (χ0v) is 15.8. The number of hydrogen-bond acceptors (Lipinski definition) is 4. The summed E-state index contributed by atoms with van der Waals surface area (Å²) in [5.74, 6) is -1.14. The minimum Gasteiger partial charge on any atom is -0.478 e. The molecule has 1 amide bonds. The van der Waals surface area contributed by atoms with Crippen molar-refractivity contribution in [2.45, 2.75) is 24.7 Å². The lowest BCUT2D eigenvalue weighted by Gasteiger charge is -2.07. The lowest BCUT2D eigenvalue weighted by molar-refractivity contribution is -0.120. The smallest absolute Gasteiger partial charge is 0.335 e. The highest BCUT2D eigenvalue weighted by molar-refractivity contribution is 7.89. The van der Waals surface area contributed by atoms with E-state index in [1.165, 1.54) is 24.3 Å². The summed E-state index contributed by atoms with van der Waals surface area (Å²) in [6.45, 7) is 2.44. The fraction of sp³-hybridized carbons (Fsp3) is 0.263. The molecule has 0 radical (unpaired) electrons. The van der Waals surface area contributed by atoms with E-state index in [-0.39, 0.29) is 22.8 Å². The summed E-state index contributed by atoms with van der Waals surface area (Å²) in [4.78, 5) is 23.0. The van der Waals surface area contributed by atoms with Gasteiger partial charge in [0.05, 0.1) is 16.9 Å². The lowest BCUT2D eigenvalue weighted by Crippen LogP contribution is -2.27. The van der Waals surface area contributed by atoms with E-state index in [4.69, 9.17) is 5.11 Å². The van der Waals surface area contributed by atoms with Crippen LogP contribution in [0.25, 0.3) is 0 Å². The molecule has 2 aromatic rings. The van der Waals surface area contributed by atoms with Crippen molar-refractivity contribution in [3.8, 4) is 0 Å². The fourth-order valence-corrected chi connectivity index (χ4v) is 3.51. The highest BCUT2D eigenvalue weighted by Crippen LogP contribution is 2.11. The first-order valence-corrected chi connectivity index (χ1v) is 9.97. The first-order valence-electron chi connectivity index (χ1n) is 8.49. The van der Waals surface area contributed by atoms with Crippen molar-refractivity contribution in [2.75, 3.05) is 13.1 Å². The predicted octanol–water partition coefficient (Wildman–Crippen LogP) is 1.58. The summed E-state index contributed by atoms with van der Waals surface area (Å²) in [7, 11) is -3.50. The minimum atomic E-state index is -3.50. The van der Waals surface area contributed by atoms with Crippen LogP contribution in [0.15, 0.2) is 53.4 Å². The first-order chi connectivity index (χ1) is 12.8. The van der Waals surface area contributed by atoms with E-state index >= 15 is 0 Å². The molecule has 8 heteroatoms. The molecule has 2 rings (SSSR count). The Labute approximate surface area is 158 Å². The number of aromatic carboxylic acids is 1. The molecule has 0 bridgehead atoms. The van der Waals surface area contributed by atoms with Crippen molar-refractivity contribution in [3.63, 3.8) is 0 Å². The molecule has 0 aromatic heterocycles. The number of carboxylic acids is 1. The molecule has 0 fully saturated rings. The molecule has 0 aliphatic heterocycles. The summed E-state index contributed by atoms with van der Waals surface area (Å²) in [5.41, 5.74) is 1.87. The number of hydrogen-bond donors (Lipinski definition) is 3. The van der Waals surface area contributed by atoms with Gasteiger partial charge < -0.3 is 10.4 Å². The van der Waals surface area contributed by atoms with Gasteiger partial charge in [-0.3, -0.25) is 4.79 Å². The highest BCUT2D eigenvalue weighted by atomic mass is 32.2. The fourth-order valence-electron chi connectivity index (χ4n) is 2.47. The molecule has 0 saturated carbocycles. The minimum absolute atomic E-state index is 0.152. The largest absolute Gasteiger partial charge is 0.478 e. The number of carbonyl (C=O) groups is 2. The zero-order chi connectivity index (χ0) is 19.9. The third-order valence-corrected chi connectivity index (χ3v) is 5.43. The Hall–Kier alpha value is -2.71. The third-order valence-electron chi connectivity index (χ3n) is 3.87. The van der Waals surface area contributed by atoms with E-state index in [1.54, 1.807) is 31.2 Å². The molecule has 2 aromatic carbocycles. The number of carboxylic acid groups (broad SMARTS) is 1. The van der Waals surface area contributed by atoms with Gasteiger partial charge in [-0.05, 0) is 41.8 Å². The summed E-state index contributed by atoms with van der Waals surface area (Å²) in [5, 5.41) is 11.7. The number of rotatable bonds is 9. The average Bonchev–Trinajstić information content (AvgIpc) is 2.62. The van der Waals surface area contributed by atoms with Gasteiger partial charge in [0.1, 0.15) is 0 Å². The average molecular weight is 390 g/mol. The van der Waals surface area contributed by atoms with Crippen molar-refractivity contribution in [2.24, 2.45) is 0 Å². The van der Waals surface area contributed by atoms with Crippen LogP contribution in [0.2, 0.25) is 0 Å². The van der Waals surface area contributed by atoms with Crippen molar-refractivity contribution in [1.29, 1.82) is 0 Å². The first kappa shape index (κ1) is 20.6. The molecule has 7 nitrogen and oxygen atoms in total. The molecule has 144 valence electrons. The predicted molar refractivity (Wildman–Crippen MR) is 101 cm³/mol. The second kappa shape index (κ2) is 9.29. The van der Waals surface area contributed by atoms with Crippen LogP contribution in [-0.4, -0.2) is 38.5 Å². The monoisotopic (exact) mass is 390 g/mol. The Morgan fingerprint density at radius 3 is 2.11 bits per heavy atom. The van der Waals surface area contributed by atoms with Gasteiger partial charge in [0.2, 0.25) is 15.9 Å². The molecular formula is C19H22N2O5S. The van der Waals surface area contributed by atoms with Crippen LogP contribution >= 0.6 is 0 Å². The van der Waals surface area contributed by atoms with Gasteiger partial charge in [0, 0.05) is 13.1 Å². The third kappa shape index (κ3) is 6.19. The van der Waals surface area contributed by atoms with Crippen LogP contribution in [0, 0.1) is 0 Å². The summed E-state index contributed by atoms with van der Waals surface area (Å²) < 4.78 is 26.2. The zero-order valence-electron chi connectivity index (χ0n) is 14.9. The Morgan fingerprint density at radius 1 is 0.963 bits per heavy atom. The standard InChI is InChI=1S/C19H22N2O5S/c1-2-21-27(25,26)17-9-5-15(6-10-17)13-18(22)20-12-11-14-3-7-16(8-4-14)19(23)24/h3-10,21H,2,11-13H2,1H3,(H,20,22)(H,23,24). The summed E-state index contributed by atoms with van der Waals surface area (Å²) in [6, 6.07) is 12.7. The lowest BCUT2D eigenvalue weighted by atomic mass is 10.1. The van der Waals surface area contributed by atoms with Crippen LogP contribution < -0.4 is 10.0 Å². The quantitative estimate of drug-likeness (QED) is 0.602. The van der Waals surface area contributed by atoms with Gasteiger partial charge in [-0.25, -0.2) is 17.9 Å². The number of sulfonamides is 1. The number of carbonyl (C=O) groups excluding carboxylic acids is 1. The number of amides is 1. The second-order valence-corrected chi connectivity index (χ2v) is 7.69. The van der Waals surface area contributed by atoms with Gasteiger partial charge in [0.15, 0.2) is 0 Å². The Bertz CT molecular complexity index is 891. The van der Waals surface area contributed by atoms with Gasteiger partial charge in [-0.1, -0.05) is 31.2 Å². The van der Waals surface area contributed by atoms with Gasteiger partial charge >= 0.3 is 5.97 Å². The Balaban J connectivity index is 1.82. The molecule has 0 aliphatic carbocycles. The number of benzene rings is 2. The molecule has 0 saturated heterocycles. The Kier molecular flexibility index (Phi) is 7.09. The van der Waals surface area contributed by atoms with E-state index in [2.05, 4.69) is 10.0 Å². The summed E-state index contributed by atoms with van der Waals surface area (Å²) in [6.07, 6.45) is 0.741. The van der Waals surface area contributed by atoms with Crippen molar-refractivity contribution < 1.29 is 23.1 Å². The normalized spacial score (nSPS) is 11.1. The number of nitrogens with one attached hydrogen (secondary N) is 2. The topological polar surface area (TPSA) is 113 Å². The van der Waals surface area contributed by atoms with Crippen LogP contribution in [0.4, 0.5) is 0 Å². The van der Waals surface area contributed by atoms with Gasteiger partial charge in [-0.2, -0.15) is 0 Å². The van der Waals surface area contributed by atoms with Crippen LogP contribution in [0.1, 0.15) is 28.4 Å². The molecule has 0 spiro atoms. The van der Waals surface area contributed by atoms with Gasteiger partial charge in [-0.15, -0.1) is 0 Å². The van der Waals surface area contributed by atoms with Crippen molar-refractivity contribution >= 4 is 21.9 Å². The molecule has 0 unspecified atom stereocenters.